The molecule has 0 radical (unpaired) electrons. The fraction of sp³-hybridized carbons (Fsp3) is 0.172. The van der Waals surface area contributed by atoms with Gasteiger partial charge < -0.3 is 14.5 Å². The van der Waals surface area contributed by atoms with Crippen LogP contribution in [0.2, 0.25) is 5.02 Å². The number of hydrogen-bond donors (Lipinski definition) is 0. The Labute approximate surface area is 229 Å². The highest BCUT2D eigenvalue weighted by Crippen LogP contribution is 2.38. The molecule has 6 rings (SSSR count). The molecule has 3 aromatic carbocycles. The Kier molecular flexibility index (Phi) is 6.43. The summed E-state index contributed by atoms with van der Waals surface area (Å²) in [6, 6.07) is 15.9. The van der Waals surface area contributed by atoms with E-state index < -0.39 is 0 Å². The first-order valence-electron chi connectivity index (χ1n) is 12.2. The maximum absolute atomic E-state index is 12.0. The number of nitrogens with zero attached hydrogens (tertiary/aromatic N) is 5. The summed E-state index contributed by atoms with van der Waals surface area (Å²) in [5.41, 5.74) is 7.44. The summed E-state index contributed by atoms with van der Waals surface area (Å²) < 4.78 is 7.21. The minimum atomic E-state index is -0.0310. The number of rotatable bonds is 5. The van der Waals surface area contributed by atoms with Crippen molar-refractivity contribution < 1.29 is 9.53 Å². The summed E-state index contributed by atoms with van der Waals surface area (Å²) in [7, 11) is 0. The normalized spacial score (nSPS) is 13.7. The summed E-state index contributed by atoms with van der Waals surface area (Å²) in [5.74, 6) is 1.22. The maximum Gasteiger partial charge on any atom is 0.246 e. The molecule has 5 aromatic rings. The second-order valence-corrected chi connectivity index (χ2v) is 10.4. The Morgan fingerprint density at radius 2 is 1.89 bits per heavy atom. The van der Waals surface area contributed by atoms with Crippen LogP contribution >= 0.6 is 22.9 Å². The number of fused-ring (bicyclic) bond motifs is 2. The van der Waals surface area contributed by atoms with Gasteiger partial charge in [-0.25, -0.2) is 15.0 Å². The Hall–Kier alpha value is -4.01. The quantitative estimate of drug-likeness (QED) is 0.237. The number of piperazine rings is 1. The van der Waals surface area contributed by atoms with Crippen LogP contribution < -0.4 is 9.64 Å². The van der Waals surface area contributed by atoms with Crippen molar-refractivity contribution in [1.29, 1.82) is 0 Å². The molecule has 0 atom stereocenters. The van der Waals surface area contributed by atoms with Gasteiger partial charge in [0.25, 0.3) is 0 Å². The van der Waals surface area contributed by atoms with Gasteiger partial charge in [0, 0.05) is 54.6 Å². The van der Waals surface area contributed by atoms with Gasteiger partial charge in [0.15, 0.2) is 0 Å². The van der Waals surface area contributed by atoms with Crippen LogP contribution in [0, 0.1) is 6.92 Å². The minimum Gasteiger partial charge on any atom is -0.456 e. The molecule has 3 heterocycles. The average Bonchev–Trinajstić information content (AvgIpc) is 3.42. The van der Waals surface area contributed by atoms with E-state index in [2.05, 4.69) is 38.6 Å². The van der Waals surface area contributed by atoms with Gasteiger partial charge in [-0.3, -0.25) is 4.79 Å². The third-order valence-electron chi connectivity index (χ3n) is 6.83. The highest BCUT2D eigenvalue weighted by Gasteiger charge is 2.21. The molecule has 0 saturated carbocycles. The Morgan fingerprint density at radius 3 is 2.68 bits per heavy atom. The summed E-state index contributed by atoms with van der Waals surface area (Å²) in [5, 5.41) is 1.49. The molecule has 0 spiro atoms. The first-order chi connectivity index (χ1) is 18.5. The predicted molar refractivity (Wildman–Crippen MR) is 153 cm³/mol. The second-order valence-electron chi connectivity index (χ2n) is 9.09. The van der Waals surface area contributed by atoms with Gasteiger partial charge in [0.1, 0.15) is 17.8 Å². The van der Waals surface area contributed by atoms with Crippen molar-refractivity contribution in [2.24, 2.45) is 0 Å². The third kappa shape index (κ3) is 4.57. The lowest BCUT2D eigenvalue weighted by Crippen LogP contribution is -2.48. The van der Waals surface area contributed by atoms with Crippen LogP contribution in [0.5, 0.6) is 11.5 Å². The van der Waals surface area contributed by atoms with E-state index in [0.717, 1.165) is 56.7 Å². The van der Waals surface area contributed by atoms with Crippen molar-refractivity contribution in [3.63, 3.8) is 0 Å². The highest BCUT2D eigenvalue weighted by molar-refractivity contribution is 7.16. The van der Waals surface area contributed by atoms with Crippen LogP contribution in [0.4, 0.5) is 5.69 Å². The number of carbonyl (C=O) groups excluding carboxylic acids is 1. The van der Waals surface area contributed by atoms with Gasteiger partial charge in [-0.05, 0) is 55.0 Å². The Morgan fingerprint density at radius 1 is 1.05 bits per heavy atom. The zero-order valence-electron chi connectivity index (χ0n) is 20.7. The molecule has 2 aromatic heterocycles. The van der Waals surface area contributed by atoms with E-state index >= 15 is 0 Å². The van der Waals surface area contributed by atoms with Crippen molar-refractivity contribution in [3.05, 3.63) is 83.7 Å². The standard InChI is InChI=1S/C29H24ClN5O2S/c1-3-28(36)35-10-8-34(9-11-35)20-13-22-18(2)31-16-32-29(22)23(14-20)19-4-6-26(24(30)12-19)37-21-5-7-27-25(15-21)33-17-38-27/h3-7,12-17H,1,8-11H2,2H3. The van der Waals surface area contributed by atoms with Crippen molar-refractivity contribution >= 4 is 55.7 Å². The number of carbonyl (C=O) groups is 1. The SMILES string of the molecule is C=CC(=O)N1CCN(c2cc(-c3ccc(Oc4ccc5scnc5c4)c(Cl)c3)c3ncnc(C)c3c2)CC1. The molecule has 1 fully saturated rings. The maximum atomic E-state index is 12.0. The van der Waals surface area contributed by atoms with Crippen molar-refractivity contribution in [2.45, 2.75) is 6.92 Å². The molecule has 0 N–H and O–H groups in total. The number of benzene rings is 3. The van der Waals surface area contributed by atoms with E-state index in [1.54, 1.807) is 17.7 Å². The molecule has 1 saturated heterocycles. The molecule has 7 nitrogen and oxygen atoms in total. The number of thiazole rings is 1. The molecular weight excluding hydrogens is 518 g/mol. The van der Waals surface area contributed by atoms with Crippen molar-refractivity contribution in [2.75, 3.05) is 31.1 Å². The van der Waals surface area contributed by atoms with E-state index in [1.807, 2.05) is 53.7 Å². The number of hydrogen-bond acceptors (Lipinski definition) is 7. The summed E-state index contributed by atoms with van der Waals surface area (Å²) in [6.07, 6.45) is 2.97. The van der Waals surface area contributed by atoms with Crippen LogP contribution in [0.25, 0.3) is 32.2 Å². The lowest BCUT2D eigenvalue weighted by molar-refractivity contribution is -0.126. The number of aryl methyl sites for hydroxylation is 1. The smallest absolute Gasteiger partial charge is 0.246 e. The molecule has 1 amide bonds. The first kappa shape index (κ1) is 24.3. The predicted octanol–water partition coefficient (Wildman–Crippen LogP) is 6.50. The first-order valence-corrected chi connectivity index (χ1v) is 13.5. The van der Waals surface area contributed by atoms with Gasteiger partial charge in [-0.15, -0.1) is 11.3 Å². The monoisotopic (exact) mass is 541 g/mol. The van der Waals surface area contributed by atoms with Crippen LogP contribution in [-0.2, 0) is 4.79 Å². The molecule has 190 valence electrons. The van der Waals surface area contributed by atoms with Gasteiger partial charge in [-0.1, -0.05) is 24.2 Å². The van der Waals surface area contributed by atoms with Crippen molar-refractivity contribution in [3.8, 4) is 22.6 Å². The minimum absolute atomic E-state index is 0.0310. The Bertz CT molecular complexity index is 1690. The number of ether oxygens (including phenoxy) is 1. The molecular formula is C29H24ClN5O2S. The number of aromatic nitrogens is 3. The highest BCUT2D eigenvalue weighted by atomic mass is 35.5. The topological polar surface area (TPSA) is 71.5 Å². The largest absolute Gasteiger partial charge is 0.456 e. The van der Waals surface area contributed by atoms with Crippen LogP contribution in [0.3, 0.4) is 0 Å². The molecule has 0 unspecified atom stereocenters. The lowest BCUT2D eigenvalue weighted by Gasteiger charge is -2.36. The fourth-order valence-electron chi connectivity index (χ4n) is 4.77. The van der Waals surface area contributed by atoms with E-state index in [0.29, 0.717) is 29.6 Å². The van der Waals surface area contributed by atoms with Crippen LogP contribution in [-0.4, -0.2) is 51.9 Å². The van der Waals surface area contributed by atoms with Gasteiger partial charge in [0.05, 0.1) is 26.3 Å². The van der Waals surface area contributed by atoms with Crippen molar-refractivity contribution in [1.82, 2.24) is 19.9 Å². The second kappa shape index (κ2) is 10.0. The van der Waals surface area contributed by atoms with E-state index in [4.69, 9.17) is 16.3 Å². The summed E-state index contributed by atoms with van der Waals surface area (Å²) >= 11 is 8.32. The van der Waals surface area contributed by atoms with E-state index in [9.17, 15) is 4.79 Å². The van der Waals surface area contributed by atoms with Crippen LogP contribution in [0.15, 0.2) is 73.0 Å². The molecule has 0 aliphatic carbocycles. The Balaban J connectivity index is 1.34. The number of anilines is 1. The fourth-order valence-corrected chi connectivity index (χ4v) is 5.65. The van der Waals surface area contributed by atoms with E-state index in [-0.39, 0.29) is 5.91 Å². The number of amides is 1. The number of halogens is 1. The van der Waals surface area contributed by atoms with Gasteiger partial charge in [0.2, 0.25) is 5.91 Å². The lowest BCUT2D eigenvalue weighted by atomic mass is 9.99. The van der Waals surface area contributed by atoms with Crippen LogP contribution in [0.1, 0.15) is 5.69 Å². The van der Waals surface area contributed by atoms with Gasteiger partial charge in [-0.2, -0.15) is 0 Å². The molecule has 1 aliphatic heterocycles. The molecule has 9 heteroatoms. The zero-order chi connectivity index (χ0) is 26.2. The zero-order valence-corrected chi connectivity index (χ0v) is 22.3. The third-order valence-corrected chi connectivity index (χ3v) is 7.93. The summed E-state index contributed by atoms with van der Waals surface area (Å²) in [4.78, 5) is 29.6. The molecule has 0 bridgehead atoms. The molecule has 38 heavy (non-hydrogen) atoms. The average molecular weight is 542 g/mol. The van der Waals surface area contributed by atoms with E-state index in [1.165, 1.54) is 6.08 Å². The summed E-state index contributed by atoms with van der Waals surface area (Å²) in [6.45, 7) is 8.35. The molecule has 1 aliphatic rings. The van der Waals surface area contributed by atoms with Gasteiger partial charge >= 0.3 is 0 Å².